The Bertz CT molecular complexity index is 1030. The molecule has 0 aliphatic carbocycles. The maximum absolute atomic E-state index is 13.8. The number of carbonyl (C=O) groups is 3. The molecule has 0 radical (unpaired) electrons. The van der Waals surface area contributed by atoms with Crippen molar-refractivity contribution in [3.8, 4) is 0 Å². The second-order valence-electron chi connectivity index (χ2n) is 10.0. The summed E-state index contributed by atoms with van der Waals surface area (Å²) in [4.78, 5) is 41.1. The van der Waals surface area contributed by atoms with Crippen LogP contribution in [-0.2, 0) is 14.3 Å². The van der Waals surface area contributed by atoms with E-state index in [9.17, 15) is 14.4 Å². The molecule has 0 aliphatic heterocycles. The van der Waals surface area contributed by atoms with Crippen molar-refractivity contribution < 1.29 is 19.1 Å². The molecule has 2 N–H and O–H groups in total. The first kappa shape index (κ1) is 28.2. The highest BCUT2D eigenvalue weighted by atomic mass is 35.5. The lowest BCUT2D eigenvalue weighted by Gasteiger charge is -2.43. The van der Waals surface area contributed by atoms with Crippen molar-refractivity contribution in [3.05, 3.63) is 64.7 Å². The van der Waals surface area contributed by atoms with Crippen LogP contribution in [0, 0.1) is 6.92 Å². The Morgan fingerprint density at radius 3 is 2.17 bits per heavy atom. The van der Waals surface area contributed by atoms with Crippen molar-refractivity contribution in [2.24, 2.45) is 0 Å². The van der Waals surface area contributed by atoms with Crippen LogP contribution in [0.3, 0.4) is 0 Å². The van der Waals surface area contributed by atoms with E-state index in [1.165, 1.54) is 4.90 Å². The summed E-state index contributed by atoms with van der Waals surface area (Å²) in [7, 11) is 0. The van der Waals surface area contributed by atoms with Crippen LogP contribution in [0.1, 0.15) is 65.1 Å². The van der Waals surface area contributed by atoms with Gasteiger partial charge in [0.05, 0.1) is 10.7 Å². The average molecular weight is 502 g/mol. The predicted octanol–water partition coefficient (Wildman–Crippen LogP) is 5.87. The summed E-state index contributed by atoms with van der Waals surface area (Å²) in [5.41, 5.74) is 0.530. The monoisotopic (exact) mass is 501 g/mol. The Balaban J connectivity index is 2.46. The molecule has 2 rings (SSSR count). The Hall–Kier alpha value is -3.06. The molecule has 2 aromatic carbocycles. The van der Waals surface area contributed by atoms with Gasteiger partial charge in [0, 0.05) is 5.54 Å². The van der Waals surface area contributed by atoms with E-state index in [2.05, 4.69) is 10.6 Å². The third-order valence-corrected chi connectivity index (χ3v) is 5.98. The van der Waals surface area contributed by atoms with Crippen LogP contribution in [0.5, 0.6) is 0 Å². The fourth-order valence-electron chi connectivity index (χ4n) is 3.58. The Morgan fingerprint density at radius 2 is 1.63 bits per heavy atom. The van der Waals surface area contributed by atoms with Crippen LogP contribution in [0.15, 0.2) is 48.5 Å². The van der Waals surface area contributed by atoms with Gasteiger partial charge in [-0.25, -0.2) is 4.79 Å². The third kappa shape index (κ3) is 7.72. The molecule has 0 fully saturated rings. The number of amides is 3. The zero-order valence-corrected chi connectivity index (χ0v) is 22.3. The largest absolute Gasteiger partial charge is 0.444 e. The minimum Gasteiger partial charge on any atom is -0.444 e. The van der Waals surface area contributed by atoms with Gasteiger partial charge in [0.2, 0.25) is 5.91 Å². The summed E-state index contributed by atoms with van der Waals surface area (Å²) >= 11 is 6.36. The second-order valence-corrected chi connectivity index (χ2v) is 10.4. The molecule has 3 amide bonds. The highest BCUT2D eigenvalue weighted by molar-refractivity contribution is 6.34. The number of hydrogen-bond acceptors (Lipinski definition) is 4. The van der Waals surface area contributed by atoms with Crippen LogP contribution in [0.2, 0.25) is 5.02 Å². The van der Waals surface area contributed by atoms with Gasteiger partial charge in [-0.2, -0.15) is 0 Å². The van der Waals surface area contributed by atoms with Gasteiger partial charge >= 0.3 is 6.09 Å². The van der Waals surface area contributed by atoms with Crippen molar-refractivity contribution in [1.82, 2.24) is 10.2 Å². The van der Waals surface area contributed by atoms with Crippen molar-refractivity contribution in [2.45, 2.75) is 72.1 Å². The molecule has 8 heteroatoms. The lowest BCUT2D eigenvalue weighted by molar-refractivity contribution is -0.145. The van der Waals surface area contributed by atoms with Crippen molar-refractivity contribution in [1.29, 1.82) is 0 Å². The number of benzene rings is 2. The summed E-state index contributed by atoms with van der Waals surface area (Å²) in [5, 5.41) is 5.86. The third-order valence-electron chi connectivity index (χ3n) is 5.66. The summed E-state index contributed by atoms with van der Waals surface area (Å²) in [6, 6.07) is 13.5. The smallest absolute Gasteiger partial charge is 0.408 e. The number of aryl methyl sites for hydroxylation is 1. The van der Waals surface area contributed by atoms with E-state index in [1.54, 1.807) is 45.0 Å². The van der Waals surface area contributed by atoms with Crippen LogP contribution in [-0.4, -0.2) is 40.5 Å². The first-order chi connectivity index (χ1) is 16.3. The van der Waals surface area contributed by atoms with E-state index in [4.69, 9.17) is 16.3 Å². The molecule has 0 saturated heterocycles. The molecule has 35 heavy (non-hydrogen) atoms. The first-order valence-electron chi connectivity index (χ1n) is 11.7. The zero-order valence-electron chi connectivity index (χ0n) is 21.6. The van der Waals surface area contributed by atoms with Gasteiger partial charge in [-0.3, -0.25) is 9.59 Å². The molecule has 0 saturated carbocycles. The molecule has 1 unspecified atom stereocenters. The molecular weight excluding hydrogens is 466 g/mol. The zero-order chi connectivity index (χ0) is 26.4. The molecule has 0 bridgehead atoms. The molecule has 0 heterocycles. The minimum absolute atomic E-state index is 0.319. The second kappa shape index (κ2) is 11.6. The number of nitrogens with zero attached hydrogens (tertiary/aromatic N) is 1. The number of alkyl carbamates (subject to hydrolysis) is 1. The topological polar surface area (TPSA) is 87.7 Å². The van der Waals surface area contributed by atoms with E-state index in [0.717, 1.165) is 5.56 Å². The van der Waals surface area contributed by atoms with E-state index < -0.39 is 35.1 Å². The van der Waals surface area contributed by atoms with Crippen molar-refractivity contribution >= 4 is 35.2 Å². The first-order valence-corrected chi connectivity index (χ1v) is 12.0. The normalized spacial score (nSPS) is 12.5. The highest BCUT2D eigenvalue weighted by Gasteiger charge is 2.40. The van der Waals surface area contributed by atoms with E-state index in [1.807, 2.05) is 52.0 Å². The number of carbonyl (C=O) groups excluding carboxylic acids is 3. The predicted molar refractivity (Wildman–Crippen MR) is 139 cm³/mol. The quantitative estimate of drug-likeness (QED) is 0.473. The van der Waals surface area contributed by atoms with E-state index >= 15 is 0 Å². The van der Waals surface area contributed by atoms with Crippen LogP contribution in [0.4, 0.5) is 10.5 Å². The Morgan fingerprint density at radius 1 is 1.00 bits per heavy atom. The van der Waals surface area contributed by atoms with Gasteiger partial charge in [-0.05, 0) is 65.2 Å². The standard InChI is InChI=1S/C27H36ClN3O4/c1-8-27(6,7)31(21(32)17-29-25(34)35-26(3,4)5)23(19-14-10-9-11-15-19)24(33)30-22-18(2)13-12-16-20(22)28/h9-16,23H,8,17H2,1-7H3,(H,29,34)(H,30,33). The number of hydrogen-bond donors (Lipinski definition) is 2. The van der Waals surface area contributed by atoms with Gasteiger partial charge in [-0.1, -0.05) is 61.0 Å². The van der Waals surface area contributed by atoms with Gasteiger partial charge in [-0.15, -0.1) is 0 Å². The van der Waals surface area contributed by atoms with Gasteiger partial charge in [0.15, 0.2) is 0 Å². The van der Waals surface area contributed by atoms with E-state index in [-0.39, 0.29) is 6.54 Å². The molecule has 0 spiro atoms. The van der Waals surface area contributed by atoms with Gasteiger partial charge < -0.3 is 20.3 Å². The van der Waals surface area contributed by atoms with E-state index in [0.29, 0.717) is 22.7 Å². The summed E-state index contributed by atoms with van der Waals surface area (Å²) in [5.74, 6) is -0.817. The van der Waals surface area contributed by atoms with Crippen LogP contribution in [0.25, 0.3) is 0 Å². The SMILES string of the molecule is CCC(C)(C)N(C(=O)CNC(=O)OC(C)(C)C)C(C(=O)Nc1c(C)cccc1Cl)c1ccccc1. The molecular formula is C27H36ClN3O4. The maximum Gasteiger partial charge on any atom is 0.408 e. The molecule has 1 atom stereocenters. The van der Waals surface area contributed by atoms with Crippen molar-refractivity contribution in [2.75, 3.05) is 11.9 Å². The molecule has 190 valence electrons. The fraction of sp³-hybridized carbons (Fsp3) is 0.444. The number of rotatable bonds is 8. The molecule has 0 aliphatic rings. The summed E-state index contributed by atoms with van der Waals surface area (Å²) < 4.78 is 5.26. The lowest BCUT2D eigenvalue weighted by Crippen LogP contribution is -2.55. The maximum atomic E-state index is 13.8. The Kier molecular flexibility index (Phi) is 9.32. The van der Waals surface area contributed by atoms with Crippen molar-refractivity contribution in [3.63, 3.8) is 0 Å². The average Bonchev–Trinajstić information content (AvgIpc) is 2.77. The van der Waals surface area contributed by atoms with Gasteiger partial charge in [0.25, 0.3) is 5.91 Å². The number of para-hydroxylation sites is 1. The van der Waals surface area contributed by atoms with Crippen LogP contribution < -0.4 is 10.6 Å². The highest BCUT2D eigenvalue weighted by Crippen LogP contribution is 2.33. The molecule has 2 aromatic rings. The fourth-order valence-corrected chi connectivity index (χ4v) is 3.85. The number of ether oxygens (including phenoxy) is 1. The Labute approximate surface area is 213 Å². The lowest BCUT2D eigenvalue weighted by atomic mass is 9.93. The number of anilines is 1. The number of nitrogens with one attached hydrogen (secondary N) is 2. The molecule has 7 nitrogen and oxygen atoms in total. The number of halogens is 1. The minimum atomic E-state index is -0.963. The van der Waals surface area contributed by atoms with Gasteiger partial charge in [0.1, 0.15) is 18.2 Å². The molecule has 0 aromatic heterocycles. The summed E-state index contributed by atoms with van der Waals surface area (Å²) in [6.45, 7) is 12.5. The van der Waals surface area contributed by atoms with Crippen LogP contribution >= 0.6 is 11.6 Å². The summed E-state index contributed by atoms with van der Waals surface area (Å²) in [6.07, 6.45) is -0.125.